The summed E-state index contributed by atoms with van der Waals surface area (Å²) in [7, 11) is 3.95. The summed E-state index contributed by atoms with van der Waals surface area (Å²) in [5, 5.41) is 0. The lowest BCUT2D eigenvalue weighted by Gasteiger charge is -2.36. The van der Waals surface area contributed by atoms with Crippen molar-refractivity contribution in [3.8, 4) is 0 Å². The maximum absolute atomic E-state index is 12.7. The highest BCUT2D eigenvalue weighted by Crippen LogP contribution is 2.32. The van der Waals surface area contributed by atoms with E-state index in [1.165, 1.54) is 12.1 Å². The van der Waals surface area contributed by atoms with Crippen LogP contribution in [0.15, 0.2) is 24.3 Å². The number of anilines is 1. The van der Waals surface area contributed by atoms with Crippen molar-refractivity contribution >= 4 is 5.69 Å². The summed E-state index contributed by atoms with van der Waals surface area (Å²) in [5.74, 6) is 0. The predicted molar refractivity (Wildman–Crippen MR) is 70.4 cm³/mol. The first-order valence-corrected chi connectivity index (χ1v) is 6.46. The van der Waals surface area contributed by atoms with E-state index in [4.69, 9.17) is 0 Å². The zero-order chi connectivity index (χ0) is 14.0. The van der Waals surface area contributed by atoms with Crippen LogP contribution in [0.2, 0.25) is 0 Å². The van der Waals surface area contributed by atoms with Gasteiger partial charge in [0, 0.05) is 18.8 Å². The molecule has 1 aliphatic rings. The molecule has 0 N–H and O–H groups in total. The summed E-state index contributed by atoms with van der Waals surface area (Å²) in [6.45, 7) is 1.99. The van der Waals surface area contributed by atoms with Gasteiger partial charge in [-0.05, 0) is 51.2 Å². The maximum Gasteiger partial charge on any atom is 0.416 e. The second-order valence-electron chi connectivity index (χ2n) is 5.19. The van der Waals surface area contributed by atoms with Crippen LogP contribution in [-0.2, 0) is 6.18 Å². The molecule has 0 aromatic heterocycles. The summed E-state index contributed by atoms with van der Waals surface area (Å²) < 4.78 is 38.1. The molecule has 0 amide bonds. The molecule has 1 aliphatic heterocycles. The molecule has 1 fully saturated rings. The van der Waals surface area contributed by atoms with Gasteiger partial charge in [-0.3, -0.25) is 0 Å². The number of hydrogen-bond acceptors (Lipinski definition) is 2. The van der Waals surface area contributed by atoms with Crippen molar-refractivity contribution in [1.29, 1.82) is 0 Å². The number of benzene rings is 1. The van der Waals surface area contributed by atoms with Crippen molar-refractivity contribution in [3.05, 3.63) is 29.8 Å². The van der Waals surface area contributed by atoms with Crippen molar-refractivity contribution in [2.75, 3.05) is 32.1 Å². The van der Waals surface area contributed by atoms with E-state index in [2.05, 4.69) is 11.9 Å². The fourth-order valence-corrected chi connectivity index (χ4v) is 2.49. The molecule has 19 heavy (non-hydrogen) atoms. The third-order valence-corrected chi connectivity index (χ3v) is 3.82. The number of piperidine rings is 1. The number of hydrogen-bond donors (Lipinski definition) is 0. The first-order valence-electron chi connectivity index (χ1n) is 6.46. The van der Waals surface area contributed by atoms with Crippen molar-refractivity contribution in [1.82, 2.24) is 4.90 Å². The Balaban J connectivity index is 2.13. The summed E-state index contributed by atoms with van der Waals surface area (Å²) in [6, 6.07) is 5.89. The SMILES string of the molecule is CN1CCC(N(C)c2cccc(C(F)(F)F)c2)CC1. The van der Waals surface area contributed by atoms with E-state index in [1.807, 2.05) is 11.9 Å². The Labute approximate surface area is 111 Å². The monoisotopic (exact) mass is 272 g/mol. The predicted octanol–water partition coefficient (Wildman–Crippen LogP) is 3.24. The van der Waals surface area contributed by atoms with Gasteiger partial charge in [0.1, 0.15) is 0 Å². The fourth-order valence-electron chi connectivity index (χ4n) is 2.49. The first-order chi connectivity index (χ1) is 8.88. The Bertz CT molecular complexity index is 423. The molecule has 2 nitrogen and oxygen atoms in total. The third-order valence-electron chi connectivity index (χ3n) is 3.82. The Morgan fingerprint density at radius 1 is 1.21 bits per heavy atom. The molecular weight excluding hydrogens is 253 g/mol. The summed E-state index contributed by atoms with van der Waals surface area (Å²) in [4.78, 5) is 4.22. The van der Waals surface area contributed by atoms with E-state index in [9.17, 15) is 13.2 Å². The van der Waals surface area contributed by atoms with Gasteiger partial charge < -0.3 is 9.80 Å². The molecule has 106 valence electrons. The van der Waals surface area contributed by atoms with Crippen molar-refractivity contribution in [2.45, 2.75) is 25.1 Å². The number of halogens is 3. The van der Waals surface area contributed by atoms with Crippen LogP contribution in [0, 0.1) is 0 Å². The Hall–Kier alpha value is -1.23. The summed E-state index contributed by atoms with van der Waals surface area (Å²) in [6.07, 6.45) is -2.30. The number of rotatable bonds is 2. The smallest absolute Gasteiger partial charge is 0.372 e. The Kier molecular flexibility index (Phi) is 4.04. The van der Waals surface area contributed by atoms with Crippen LogP contribution in [0.4, 0.5) is 18.9 Å². The second kappa shape index (κ2) is 5.41. The van der Waals surface area contributed by atoms with E-state index in [-0.39, 0.29) is 0 Å². The highest BCUT2D eigenvalue weighted by molar-refractivity contribution is 5.49. The molecule has 0 aliphatic carbocycles. The average Bonchev–Trinajstić information content (AvgIpc) is 2.38. The molecule has 0 unspecified atom stereocenters. The largest absolute Gasteiger partial charge is 0.416 e. The molecule has 0 radical (unpaired) electrons. The molecule has 2 rings (SSSR count). The number of likely N-dealkylation sites (tertiary alicyclic amines) is 1. The van der Waals surface area contributed by atoms with Crippen LogP contribution >= 0.6 is 0 Å². The van der Waals surface area contributed by atoms with Gasteiger partial charge in [-0.1, -0.05) is 6.07 Å². The van der Waals surface area contributed by atoms with Crippen LogP contribution in [0.1, 0.15) is 18.4 Å². The molecule has 1 heterocycles. The molecule has 1 aromatic carbocycles. The minimum atomic E-state index is -4.27. The maximum atomic E-state index is 12.7. The van der Waals surface area contributed by atoms with Crippen LogP contribution in [0.25, 0.3) is 0 Å². The summed E-state index contributed by atoms with van der Waals surface area (Å²) in [5.41, 5.74) is 0.0640. The molecule has 1 aromatic rings. The number of alkyl halides is 3. The lowest BCUT2D eigenvalue weighted by atomic mass is 10.0. The van der Waals surface area contributed by atoms with Crippen LogP contribution in [0.5, 0.6) is 0 Å². The topological polar surface area (TPSA) is 6.48 Å². The van der Waals surface area contributed by atoms with Crippen molar-refractivity contribution in [2.24, 2.45) is 0 Å². The van der Waals surface area contributed by atoms with Gasteiger partial charge in [0.15, 0.2) is 0 Å². The lowest BCUT2D eigenvalue weighted by molar-refractivity contribution is -0.137. The minimum Gasteiger partial charge on any atom is -0.372 e. The third kappa shape index (κ3) is 3.41. The van der Waals surface area contributed by atoms with E-state index in [1.54, 1.807) is 6.07 Å². The van der Waals surface area contributed by atoms with Gasteiger partial charge in [-0.25, -0.2) is 0 Å². The van der Waals surface area contributed by atoms with Gasteiger partial charge in [-0.2, -0.15) is 13.2 Å². The quantitative estimate of drug-likeness (QED) is 0.815. The Morgan fingerprint density at radius 3 is 2.42 bits per heavy atom. The zero-order valence-corrected chi connectivity index (χ0v) is 11.2. The number of nitrogens with zero attached hydrogens (tertiary/aromatic N) is 2. The highest BCUT2D eigenvalue weighted by Gasteiger charge is 2.31. The second-order valence-corrected chi connectivity index (χ2v) is 5.19. The van der Waals surface area contributed by atoms with E-state index >= 15 is 0 Å². The van der Waals surface area contributed by atoms with Crippen molar-refractivity contribution in [3.63, 3.8) is 0 Å². The van der Waals surface area contributed by atoms with E-state index < -0.39 is 11.7 Å². The molecule has 0 saturated carbocycles. The lowest BCUT2D eigenvalue weighted by Crippen LogP contribution is -2.42. The average molecular weight is 272 g/mol. The van der Waals surface area contributed by atoms with E-state index in [0.29, 0.717) is 11.7 Å². The van der Waals surface area contributed by atoms with Crippen molar-refractivity contribution < 1.29 is 13.2 Å². The van der Waals surface area contributed by atoms with E-state index in [0.717, 1.165) is 32.0 Å². The van der Waals surface area contributed by atoms with Gasteiger partial charge in [0.2, 0.25) is 0 Å². The molecule has 1 saturated heterocycles. The summed E-state index contributed by atoms with van der Waals surface area (Å²) >= 11 is 0. The van der Waals surface area contributed by atoms with Gasteiger partial charge >= 0.3 is 6.18 Å². The molecular formula is C14H19F3N2. The minimum absolute atomic E-state index is 0.319. The van der Waals surface area contributed by atoms with Crippen LogP contribution in [-0.4, -0.2) is 38.1 Å². The molecule has 5 heteroatoms. The van der Waals surface area contributed by atoms with Crippen LogP contribution in [0.3, 0.4) is 0 Å². The molecule has 0 atom stereocenters. The molecule has 0 spiro atoms. The Morgan fingerprint density at radius 2 is 1.84 bits per heavy atom. The zero-order valence-electron chi connectivity index (χ0n) is 11.2. The normalized spacial score (nSPS) is 18.6. The highest BCUT2D eigenvalue weighted by atomic mass is 19.4. The first kappa shape index (κ1) is 14.2. The molecule has 0 bridgehead atoms. The fraction of sp³-hybridized carbons (Fsp3) is 0.571. The van der Waals surface area contributed by atoms with Gasteiger partial charge in [0.25, 0.3) is 0 Å². The van der Waals surface area contributed by atoms with Crippen LogP contribution < -0.4 is 4.90 Å². The standard InChI is InChI=1S/C14H19F3N2/c1-18-8-6-12(7-9-18)19(2)13-5-3-4-11(10-13)14(15,16)17/h3-5,10,12H,6-9H2,1-2H3. The van der Waals surface area contributed by atoms with Gasteiger partial charge in [-0.15, -0.1) is 0 Å². The van der Waals surface area contributed by atoms with Gasteiger partial charge in [0.05, 0.1) is 5.56 Å².